The summed E-state index contributed by atoms with van der Waals surface area (Å²) in [7, 11) is 0. The molecule has 0 unspecified atom stereocenters. The van der Waals surface area contributed by atoms with E-state index in [2.05, 4.69) is 15.4 Å². The summed E-state index contributed by atoms with van der Waals surface area (Å²) in [5.74, 6) is -3.90. The van der Waals surface area contributed by atoms with Crippen molar-refractivity contribution in [1.82, 2.24) is 20.1 Å². The maximum absolute atomic E-state index is 13.5. The van der Waals surface area contributed by atoms with Crippen molar-refractivity contribution in [3.05, 3.63) is 89.6 Å². The van der Waals surface area contributed by atoms with E-state index >= 15 is 0 Å². The average Bonchev–Trinajstić information content (AvgIpc) is 3.16. The van der Waals surface area contributed by atoms with Crippen LogP contribution in [0, 0.1) is 5.95 Å². The first-order valence-corrected chi connectivity index (χ1v) is 9.17. The van der Waals surface area contributed by atoms with Gasteiger partial charge in [0.2, 0.25) is 5.95 Å². The summed E-state index contributed by atoms with van der Waals surface area (Å²) in [6.07, 6.45) is 2.90. The minimum Gasteiger partial charge on any atom is -0.348 e. The Morgan fingerprint density at radius 1 is 1.10 bits per heavy atom. The van der Waals surface area contributed by atoms with Gasteiger partial charge in [-0.3, -0.25) is 4.79 Å². The highest BCUT2D eigenvalue weighted by Gasteiger charge is 2.24. The van der Waals surface area contributed by atoms with Gasteiger partial charge in [0.05, 0.1) is 29.2 Å². The molecule has 0 atom stereocenters. The number of carbonyl (C=O) groups is 1. The molecule has 4 rings (SSSR count). The highest BCUT2D eigenvalue weighted by molar-refractivity contribution is 6.06. The van der Waals surface area contributed by atoms with Crippen molar-refractivity contribution >= 4 is 16.8 Å². The summed E-state index contributed by atoms with van der Waals surface area (Å²) < 4.78 is 41.7. The maximum atomic E-state index is 13.5. The number of hydrogen-bond donors (Lipinski definition) is 1. The Labute approximate surface area is 170 Å². The van der Waals surface area contributed by atoms with E-state index in [1.54, 1.807) is 35.1 Å². The highest BCUT2D eigenvalue weighted by atomic mass is 19.3. The molecule has 2 heterocycles. The average molecular weight is 410 g/mol. The van der Waals surface area contributed by atoms with Gasteiger partial charge in [0.25, 0.3) is 11.8 Å². The van der Waals surface area contributed by atoms with Gasteiger partial charge in [0, 0.05) is 24.4 Å². The molecule has 0 aliphatic heterocycles. The zero-order valence-electron chi connectivity index (χ0n) is 15.9. The molecular formula is C22H17F3N4O. The number of hydrogen-bond acceptors (Lipinski definition) is 3. The van der Waals surface area contributed by atoms with Crippen LogP contribution in [0.25, 0.3) is 16.6 Å². The minimum atomic E-state index is -2.95. The van der Waals surface area contributed by atoms with Crippen molar-refractivity contribution in [3.63, 3.8) is 0 Å². The van der Waals surface area contributed by atoms with E-state index in [0.717, 1.165) is 6.92 Å². The van der Waals surface area contributed by atoms with Crippen LogP contribution >= 0.6 is 0 Å². The first-order valence-electron chi connectivity index (χ1n) is 9.17. The Balaban J connectivity index is 1.58. The third-order valence-corrected chi connectivity index (χ3v) is 4.70. The second kappa shape index (κ2) is 7.62. The van der Waals surface area contributed by atoms with Gasteiger partial charge < -0.3 is 5.32 Å². The van der Waals surface area contributed by atoms with E-state index in [9.17, 15) is 18.0 Å². The standard InChI is InChI=1S/C22H17F3N4O/c1-22(24,25)15-5-2-4-14(10-15)11-27-21(30)17-6-3-7-19-18(17)13-28-29(19)16-8-9-20(23)26-12-16/h2-10,12-13H,11H2,1H3,(H,27,30). The van der Waals surface area contributed by atoms with Gasteiger partial charge in [-0.2, -0.15) is 9.49 Å². The highest BCUT2D eigenvalue weighted by Crippen LogP contribution is 2.27. The van der Waals surface area contributed by atoms with Crippen molar-refractivity contribution in [2.24, 2.45) is 0 Å². The minimum absolute atomic E-state index is 0.106. The van der Waals surface area contributed by atoms with Crippen LogP contribution < -0.4 is 5.32 Å². The van der Waals surface area contributed by atoms with Crippen LogP contribution in [-0.4, -0.2) is 20.7 Å². The fourth-order valence-corrected chi connectivity index (χ4v) is 3.18. The molecule has 0 radical (unpaired) electrons. The zero-order chi connectivity index (χ0) is 21.3. The Kier molecular flexibility index (Phi) is 4.99. The molecule has 2 aromatic heterocycles. The molecule has 0 saturated carbocycles. The predicted octanol–water partition coefficient (Wildman–Crippen LogP) is 4.60. The van der Waals surface area contributed by atoms with Gasteiger partial charge >= 0.3 is 0 Å². The van der Waals surface area contributed by atoms with Gasteiger partial charge in [0.1, 0.15) is 0 Å². The Bertz CT molecular complexity index is 1210. The second-order valence-electron chi connectivity index (χ2n) is 6.91. The van der Waals surface area contributed by atoms with E-state index < -0.39 is 11.9 Å². The summed E-state index contributed by atoms with van der Waals surface area (Å²) in [6, 6.07) is 13.9. The Hall–Kier alpha value is -3.68. The Morgan fingerprint density at radius 3 is 2.63 bits per heavy atom. The van der Waals surface area contributed by atoms with Gasteiger partial charge in [-0.25, -0.2) is 18.4 Å². The van der Waals surface area contributed by atoms with E-state index in [1.165, 1.54) is 36.5 Å². The van der Waals surface area contributed by atoms with Crippen LogP contribution in [0.4, 0.5) is 13.2 Å². The number of nitrogens with zero attached hydrogens (tertiary/aromatic N) is 3. The SMILES string of the molecule is CC(F)(F)c1cccc(CNC(=O)c2cccc3c2cnn3-c2ccc(F)nc2)c1. The molecule has 0 saturated heterocycles. The number of aromatic nitrogens is 3. The third kappa shape index (κ3) is 3.89. The lowest BCUT2D eigenvalue weighted by atomic mass is 10.1. The quantitative estimate of drug-likeness (QED) is 0.489. The third-order valence-electron chi connectivity index (χ3n) is 4.70. The van der Waals surface area contributed by atoms with Crippen LogP contribution in [0.5, 0.6) is 0 Å². The zero-order valence-corrected chi connectivity index (χ0v) is 15.9. The van der Waals surface area contributed by atoms with E-state index in [0.29, 0.717) is 27.7 Å². The number of pyridine rings is 1. The first kappa shape index (κ1) is 19.6. The monoisotopic (exact) mass is 410 g/mol. The molecule has 1 amide bonds. The topological polar surface area (TPSA) is 59.8 Å². The van der Waals surface area contributed by atoms with Crippen molar-refractivity contribution in [1.29, 1.82) is 0 Å². The Morgan fingerprint density at radius 2 is 1.90 bits per heavy atom. The number of fused-ring (bicyclic) bond motifs is 1. The van der Waals surface area contributed by atoms with Gasteiger partial charge in [0.15, 0.2) is 0 Å². The molecule has 8 heteroatoms. The predicted molar refractivity (Wildman–Crippen MR) is 106 cm³/mol. The van der Waals surface area contributed by atoms with Gasteiger partial charge in [-0.15, -0.1) is 0 Å². The fourth-order valence-electron chi connectivity index (χ4n) is 3.18. The molecule has 0 fully saturated rings. The summed E-state index contributed by atoms with van der Waals surface area (Å²) in [4.78, 5) is 16.4. The lowest BCUT2D eigenvalue weighted by Crippen LogP contribution is -2.23. The molecule has 1 N–H and O–H groups in total. The number of carbonyl (C=O) groups excluding carboxylic acids is 1. The number of benzene rings is 2. The lowest BCUT2D eigenvalue weighted by Gasteiger charge is -2.12. The van der Waals surface area contributed by atoms with Crippen LogP contribution in [0.15, 0.2) is 67.0 Å². The molecule has 152 valence electrons. The maximum Gasteiger partial charge on any atom is 0.270 e. The summed E-state index contributed by atoms with van der Waals surface area (Å²) >= 11 is 0. The fraction of sp³-hybridized carbons (Fsp3) is 0.136. The molecule has 30 heavy (non-hydrogen) atoms. The van der Waals surface area contributed by atoms with Crippen LogP contribution in [0.3, 0.4) is 0 Å². The summed E-state index contributed by atoms with van der Waals surface area (Å²) in [5.41, 5.74) is 2.07. The van der Waals surface area contributed by atoms with Crippen molar-refractivity contribution in [2.75, 3.05) is 0 Å². The molecule has 0 aliphatic carbocycles. The van der Waals surface area contributed by atoms with E-state index in [4.69, 9.17) is 0 Å². The molecular weight excluding hydrogens is 393 g/mol. The molecule has 2 aromatic carbocycles. The van der Waals surface area contributed by atoms with Crippen LogP contribution in [-0.2, 0) is 12.5 Å². The number of nitrogens with one attached hydrogen (secondary N) is 1. The molecule has 0 spiro atoms. The molecule has 5 nitrogen and oxygen atoms in total. The number of halogens is 3. The largest absolute Gasteiger partial charge is 0.348 e. The normalized spacial score (nSPS) is 11.6. The van der Waals surface area contributed by atoms with Crippen molar-refractivity contribution in [3.8, 4) is 5.69 Å². The van der Waals surface area contributed by atoms with Gasteiger partial charge in [-0.1, -0.05) is 24.3 Å². The van der Waals surface area contributed by atoms with Crippen LogP contribution in [0.1, 0.15) is 28.4 Å². The number of alkyl halides is 2. The first-order chi connectivity index (χ1) is 14.3. The molecule has 0 aliphatic rings. The van der Waals surface area contributed by atoms with Crippen LogP contribution in [0.2, 0.25) is 0 Å². The van der Waals surface area contributed by atoms with E-state index in [1.807, 2.05) is 0 Å². The van der Waals surface area contributed by atoms with E-state index in [-0.39, 0.29) is 18.0 Å². The summed E-state index contributed by atoms with van der Waals surface area (Å²) in [6.45, 7) is 0.939. The van der Waals surface area contributed by atoms with Crippen molar-refractivity contribution < 1.29 is 18.0 Å². The second-order valence-corrected chi connectivity index (χ2v) is 6.91. The molecule has 4 aromatic rings. The van der Waals surface area contributed by atoms with Gasteiger partial charge in [-0.05, 0) is 35.9 Å². The lowest BCUT2D eigenvalue weighted by molar-refractivity contribution is 0.0174. The van der Waals surface area contributed by atoms with Crippen molar-refractivity contribution in [2.45, 2.75) is 19.4 Å². The number of amides is 1. The smallest absolute Gasteiger partial charge is 0.270 e. The summed E-state index contributed by atoms with van der Waals surface area (Å²) in [5, 5.41) is 7.65. The number of rotatable bonds is 5. The molecule has 0 bridgehead atoms.